The number of halogens is 2. The van der Waals surface area contributed by atoms with E-state index in [1.54, 1.807) is 29.2 Å². The van der Waals surface area contributed by atoms with Crippen LogP contribution in [0.1, 0.15) is 59.2 Å². The van der Waals surface area contributed by atoms with Gasteiger partial charge in [-0.15, -0.1) is 0 Å². The molecule has 0 bridgehead atoms. The number of rotatable bonds is 6. The first-order chi connectivity index (χ1) is 20.7. The van der Waals surface area contributed by atoms with Crippen LogP contribution < -0.4 is 5.32 Å². The number of carbonyl (C=O) groups is 2. The van der Waals surface area contributed by atoms with Crippen LogP contribution in [0.5, 0.6) is 0 Å². The largest absolute Gasteiger partial charge is 0.478 e. The fourth-order valence-electron chi connectivity index (χ4n) is 6.37. The lowest BCUT2D eigenvalue weighted by atomic mass is 9.88. The monoisotopic (exact) mass is 592 g/mol. The first-order valence-corrected chi connectivity index (χ1v) is 14.3. The fourth-order valence-corrected chi connectivity index (χ4v) is 6.64. The summed E-state index contributed by atoms with van der Waals surface area (Å²) in [5, 5.41) is 17.3. The van der Waals surface area contributed by atoms with Crippen molar-refractivity contribution >= 4 is 29.2 Å². The molecule has 0 saturated heterocycles. The van der Waals surface area contributed by atoms with Crippen molar-refractivity contribution in [1.82, 2.24) is 14.8 Å². The first-order valence-electron chi connectivity index (χ1n) is 14.0. The molecule has 4 aromatic carbocycles. The number of amides is 1. The molecule has 214 valence electrons. The van der Waals surface area contributed by atoms with E-state index in [4.69, 9.17) is 11.6 Å². The molecule has 43 heavy (non-hydrogen) atoms. The molecule has 2 heterocycles. The highest BCUT2D eigenvalue weighted by atomic mass is 35.5. The second-order valence-corrected chi connectivity index (χ2v) is 11.9. The average Bonchev–Trinajstić information content (AvgIpc) is 3.37. The van der Waals surface area contributed by atoms with Crippen molar-refractivity contribution in [2.75, 3.05) is 5.32 Å². The van der Waals surface area contributed by atoms with Crippen LogP contribution >= 0.6 is 11.6 Å². The predicted molar refractivity (Wildman–Crippen MR) is 162 cm³/mol. The third-order valence-electron chi connectivity index (χ3n) is 8.68. The number of aromatic nitrogens is 3. The molecule has 1 amide bonds. The lowest BCUT2D eigenvalue weighted by molar-refractivity contribution is -0.118. The fraction of sp³-hybridized carbons (Fsp3) is 0.176. The zero-order valence-electron chi connectivity index (χ0n) is 23.3. The molecule has 1 aliphatic heterocycles. The molecule has 2 unspecified atom stereocenters. The summed E-state index contributed by atoms with van der Waals surface area (Å²) in [7, 11) is 0. The second kappa shape index (κ2) is 9.88. The van der Waals surface area contributed by atoms with E-state index >= 15 is 4.39 Å². The number of carbonyl (C=O) groups excluding carboxylic acids is 1. The molecule has 2 N–H and O–H groups in total. The highest BCUT2D eigenvalue weighted by Gasteiger charge is 2.65. The molecular formula is C34H26ClFN4O3. The molecule has 2 aliphatic rings. The molecule has 7 rings (SSSR count). The molecule has 1 aliphatic carbocycles. The van der Waals surface area contributed by atoms with Gasteiger partial charge in [-0.2, -0.15) is 5.10 Å². The van der Waals surface area contributed by atoms with Crippen molar-refractivity contribution in [1.29, 1.82) is 0 Å². The molecule has 0 radical (unpaired) electrons. The van der Waals surface area contributed by atoms with Gasteiger partial charge in [-0.05, 0) is 76.6 Å². The van der Waals surface area contributed by atoms with Crippen molar-refractivity contribution in [2.24, 2.45) is 0 Å². The van der Waals surface area contributed by atoms with Crippen LogP contribution in [0.25, 0.3) is 27.9 Å². The van der Waals surface area contributed by atoms with Crippen molar-refractivity contribution < 1.29 is 19.1 Å². The Balaban J connectivity index is 1.22. The van der Waals surface area contributed by atoms with Gasteiger partial charge < -0.3 is 10.4 Å². The Morgan fingerprint density at radius 2 is 1.81 bits per heavy atom. The third-order valence-corrected chi connectivity index (χ3v) is 8.99. The average molecular weight is 593 g/mol. The molecule has 1 aromatic heterocycles. The summed E-state index contributed by atoms with van der Waals surface area (Å²) < 4.78 is 17.1. The standard InChI is InChI=1S/C34H26ClFN4O3/c1-18(2)23-9-6-21(11-26(23)32(41)42)28-15-34(28)27-13-25(29(35)14-31(27)39-33(34)43)20-5-10-24(30(36)12-20)19-3-7-22(8-4-19)40-17-37-16-38-40/h3-14,16-18,28H,15H2,1-2H3,(H,39,43)(H,41,42). The third kappa shape index (κ3) is 4.32. The number of fused-ring (bicyclic) bond motifs is 2. The summed E-state index contributed by atoms with van der Waals surface area (Å²) in [6.07, 6.45) is 3.59. The topological polar surface area (TPSA) is 97.1 Å². The summed E-state index contributed by atoms with van der Waals surface area (Å²) in [6, 6.07) is 21.4. The van der Waals surface area contributed by atoms with Gasteiger partial charge in [-0.1, -0.05) is 61.8 Å². The number of benzene rings is 4. The first kappa shape index (κ1) is 27.0. The molecule has 1 spiro atoms. The van der Waals surface area contributed by atoms with Crippen molar-refractivity contribution in [3.05, 3.63) is 119 Å². The van der Waals surface area contributed by atoms with Crippen molar-refractivity contribution in [3.8, 4) is 27.9 Å². The summed E-state index contributed by atoms with van der Waals surface area (Å²) in [6.45, 7) is 3.91. The molecule has 2 atom stereocenters. The van der Waals surface area contributed by atoms with E-state index in [1.807, 2.05) is 62.4 Å². The Hall–Kier alpha value is -4.82. The Morgan fingerprint density at radius 1 is 1.05 bits per heavy atom. The van der Waals surface area contributed by atoms with Gasteiger partial charge in [-0.25, -0.2) is 18.9 Å². The van der Waals surface area contributed by atoms with E-state index < -0.39 is 17.2 Å². The zero-order chi connectivity index (χ0) is 30.0. The number of hydrogen-bond donors (Lipinski definition) is 2. The molecule has 7 nitrogen and oxygen atoms in total. The van der Waals surface area contributed by atoms with E-state index in [1.165, 1.54) is 12.4 Å². The predicted octanol–water partition coefficient (Wildman–Crippen LogP) is 7.59. The maximum atomic E-state index is 15.5. The van der Waals surface area contributed by atoms with Gasteiger partial charge in [0.15, 0.2) is 0 Å². The number of aromatic carboxylic acids is 1. The second-order valence-electron chi connectivity index (χ2n) is 11.4. The zero-order valence-corrected chi connectivity index (χ0v) is 24.1. The minimum atomic E-state index is -0.984. The number of nitrogens with one attached hydrogen (secondary N) is 1. The van der Waals surface area contributed by atoms with E-state index in [0.717, 1.165) is 22.4 Å². The van der Waals surface area contributed by atoms with Gasteiger partial charge in [0.05, 0.1) is 21.7 Å². The minimum Gasteiger partial charge on any atom is -0.478 e. The highest BCUT2D eigenvalue weighted by molar-refractivity contribution is 6.34. The van der Waals surface area contributed by atoms with Gasteiger partial charge in [0, 0.05) is 22.7 Å². The van der Waals surface area contributed by atoms with Gasteiger partial charge >= 0.3 is 5.97 Å². The quantitative estimate of drug-likeness (QED) is 0.212. The van der Waals surface area contributed by atoms with Crippen LogP contribution in [0.15, 0.2) is 85.5 Å². The highest BCUT2D eigenvalue weighted by Crippen LogP contribution is 2.65. The van der Waals surface area contributed by atoms with Crippen molar-refractivity contribution in [2.45, 2.75) is 37.5 Å². The van der Waals surface area contributed by atoms with E-state index in [-0.39, 0.29) is 23.3 Å². The summed E-state index contributed by atoms with van der Waals surface area (Å²) in [4.78, 5) is 29.3. The molecule has 5 aromatic rings. The van der Waals surface area contributed by atoms with Crippen LogP contribution in [0.3, 0.4) is 0 Å². The van der Waals surface area contributed by atoms with Crippen LogP contribution in [0.4, 0.5) is 10.1 Å². The normalized spacial score (nSPS) is 18.6. The molecule has 1 fully saturated rings. The maximum absolute atomic E-state index is 15.5. The van der Waals surface area contributed by atoms with Gasteiger partial charge in [0.25, 0.3) is 0 Å². The summed E-state index contributed by atoms with van der Waals surface area (Å²) in [5.41, 5.74) is 5.61. The van der Waals surface area contributed by atoms with Crippen LogP contribution in [0, 0.1) is 5.82 Å². The number of carboxylic acids is 1. The minimum absolute atomic E-state index is 0.0549. The lowest BCUT2D eigenvalue weighted by Crippen LogP contribution is -2.21. The van der Waals surface area contributed by atoms with E-state index in [9.17, 15) is 14.7 Å². The summed E-state index contributed by atoms with van der Waals surface area (Å²) >= 11 is 6.68. The molecule has 9 heteroatoms. The number of nitrogens with zero attached hydrogens (tertiary/aromatic N) is 3. The number of carboxylic acid groups (broad SMARTS) is 1. The lowest BCUT2D eigenvalue weighted by Gasteiger charge is -2.15. The van der Waals surface area contributed by atoms with Crippen LogP contribution in [0.2, 0.25) is 5.02 Å². The van der Waals surface area contributed by atoms with Gasteiger partial charge in [0.2, 0.25) is 5.91 Å². The van der Waals surface area contributed by atoms with Crippen LogP contribution in [-0.4, -0.2) is 31.7 Å². The van der Waals surface area contributed by atoms with E-state index in [2.05, 4.69) is 15.4 Å². The van der Waals surface area contributed by atoms with E-state index in [0.29, 0.717) is 39.4 Å². The van der Waals surface area contributed by atoms with Gasteiger partial charge in [-0.3, -0.25) is 4.79 Å². The molecular weight excluding hydrogens is 567 g/mol. The smallest absolute Gasteiger partial charge is 0.335 e. The maximum Gasteiger partial charge on any atom is 0.335 e. The van der Waals surface area contributed by atoms with Gasteiger partial charge in [0.1, 0.15) is 18.5 Å². The SMILES string of the molecule is CC(C)c1ccc(C2CC23C(=O)Nc2cc(Cl)c(-c4ccc(-c5ccc(-n6cncn6)cc5)c(F)c4)cc23)cc1C(=O)O. The summed E-state index contributed by atoms with van der Waals surface area (Å²) in [5.74, 6) is -1.65. The van der Waals surface area contributed by atoms with Crippen LogP contribution in [-0.2, 0) is 10.2 Å². The van der Waals surface area contributed by atoms with Crippen molar-refractivity contribution in [3.63, 3.8) is 0 Å². The Bertz CT molecular complexity index is 1940. The Labute approximate surface area is 252 Å². The number of hydrogen-bond acceptors (Lipinski definition) is 4. The Morgan fingerprint density at radius 3 is 2.49 bits per heavy atom. The number of anilines is 1. The molecule has 1 saturated carbocycles. The Kier molecular flexibility index (Phi) is 6.21.